The summed E-state index contributed by atoms with van der Waals surface area (Å²) in [5.74, 6) is -0.126. The number of rotatable bonds is 3. The number of nitrogens with two attached hydrogens (primary N) is 1. The van der Waals surface area contributed by atoms with Crippen molar-refractivity contribution in [2.75, 3.05) is 24.2 Å². The molecule has 1 amide bonds. The Morgan fingerprint density at radius 1 is 1.61 bits per heavy atom. The van der Waals surface area contributed by atoms with E-state index >= 15 is 0 Å². The third-order valence-corrected chi connectivity index (χ3v) is 3.20. The Morgan fingerprint density at radius 3 is 3.00 bits per heavy atom. The maximum atomic E-state index is 12.0. The quantitative estimate of drug-likeness (QED) is 0.823. The number of benzene rings is 1. The van der Waals surface area contributed by atoms with Crippen molar-refractivity contribution in [3.05, 3.63) is 23.2 Å². The van der Waals surface area contributed by atoms with Gasteiger partial charge in [-0.15, -0.1) is 0 Å². The first-order valence-electron chi connectivity index (χ1n) is 5.83. The molecule has 1 aliphatic rings. The molecule has 1 atom stereocenters. The van der Waals surface area contributed by atoms with Crippen LogP contribution in [0.3, 0.4) is 0 Å². The molecular formula is C12H16ClN3O2. The fourth-order valence-corrected chi connectivity index (χ4v) is 1.89. The Labute approximate surface area is 111 Å². The molecule has 1 aliphatic heterocycles. The van der Waals surface area contributed by atoms with Gasteiger partial charge < -0.3 is 11.1 Å². The zero-order valence-corrected chi connectivity index (χ0v) is 10.9. The summed E-state index contributed by atoms with van der Waals surface area (Å²) in [6, 6.07) is 4.68. The minimum Gasteiger partial charge on any atom is -0.397 e. The van der Waals surface area contributed by atoms with Crippen molar-refractivity contribution in [2.45, 2.75) is 19.4 Å². The van der Waals surface area contributed by atoms with E-state index in [2.05, 4.69) is 5.32 Å². The van der Waals surface area contributed by atoms with Crippen molar-refractivity contribution in [3.8, 4) is 0 Å². The lowest BCUT2D eigenvalue weighted by atomic mass is 10.2. The summed E-state index contributed by atoms with van der Waals surface area (Å²) in [6.45, 7) is 3.25. The average Bonchev–Trinajstić information content (AvgIpc) is 2.86. The van der Waals surface area contributed by atoms with E-state index in [1.807, 2.05) is 0 Å². The van der Waals surface area contributed by atoms with Crippen LogP contribution in [-0.2, 0) is 9.63 Å². The number of nitrogens with one attached hydrogen (secondary N) is 1. The van der Waals surface area contributed by atoms with Gasteiger partial charge in [0.05, 0.1) is 17.3 Å². The molecule has 1 aromatic rings. The van der Waals surface area contributed by atoms with Crippen LogP contribution in [0.4, 0.5) is 11.4 Å². The zero-order valence-electron chi connectivity index (χ0n) is 10.1. The fourth-order valence-electron chi connectivity index (χ4n) is 1.77. The number of carbonyl (C=O) groups excluding carboxylic acids is 1. The zero-order chi connectivity index (χ0) is 13.1. The first-order valence-corrected chi connectivity index (χ1v) is 6.21. The highest BCUT2D eigenvalue weighted by atomic mass is 35.5. The minimum atomic E-state index is -0.329. The Kier molecular flexibility index (Phi) is 4.06. The van der Waals surface area contributed by atoms with E-state index in [1.165, 1.54) is 0 Å². The third-order valence-electron chi connectivity index (χ3n) is 2.85. The number of halogens is 1. The molecule has 3 N–H and O–H groups in total. The van der Waals surface area contributed by atoms with E-state index in [9.17, 15) is 4.79 Å². The Hall–Kier alpha value is -1.30. The molecular weight excluding hydrogens is 254 g/mol. The monoisotopic (exact) mass is 269 g/mol. The lowest BCUT2D eigenvalue weighted by Crippen LogP contribution is -2.39. The maximum Gasteiger partial charge on any atom is 0.243 e. The number of anilines is 2. The van der Waals surface area contributed by atoms with Gasteiger partial charge in [-0.05, 0) is 31.5 Å². The van der Waals surface area contributed by atoms with Gasteiger partial charge in [0.2, 0.25) is 5.91 Å². The van der Waals surface area contributed by atoms with Crippen molar-refractivity contribution in [1.82, 2.24) is 5.06 Å². The molecule has 0 bridgehead atoms. The summed E-state index contributed by atoms with van der Waals surface area (Å²) in [7, 11) is 0. The van der Waals surface area contributed by atoms with Crippen molar-refractivity contribution in [2.24, 2.45) is 0 Å². The van der Waals surface area contributed by atoms with Gasteiger partial charge in [0.25, 0.3) is 0 Å². The van der Waals surface area contributed by atoms with Gasteiger partial charge in [0, 0.05) is 12.2 Å². The van der Waals surface area contributed by atoms with E-state index in [0.717, 1.165) is 13.0 Å². The minimum absolute atomic E-state index is 0.126. The summed E-state index contributed by atoms with van der Waals surface area (Å²) >= 11 is 5.82. The number of amides is 1. The largest absolute Gasteiger partial charge is 0.397 e. The molecule has 1 fully saturated rings. The third kappa shape index (κ3) is 2.93. The summed E-state index contributed by atoms with van der Waals surface area (Å²) in [5.41, 5.74) is 6.75. The summed E-state index contributed by atoms with van der Waals surface area (Å²) in [4.78, 5) is 17.3. The van der Waals surface area contributed by atoms with Crippen LogP contribution in [0.5, 0.6) is 0 Å². The molecule has 0 radical (unpaired) electrons. The molecule has 1 heterocycles. The topological polar surface area (TPSA) is 67.6 Å². The highest BCUT2D eigenvalue weighted by Gasteiger charge is 2.25. The van der Waals surface area contributed by atoms with Crippen LogP contribution < -0.4 is 11.1 Å². The molecule has 5 nitrogen and oxygen atoms in total. The lowest BCUT2D eigenvalue weighted by molar-refractivity contribution is -0.154. The van der Waals surface area contributed by atoms with Crippen LogP contribution in [-0.4, -0.2) is 30.2 Å². The van der Waals surface area contributed by atoms with Gasteiger partial charge in [-0.2, -0.15) is 5.06 Å². The lowest BCUT2D eigenvalue weighted by Gasteiger charge is -2.21. The summed E-state index contributed by atoms with van der Waals surface area (Å²) < 4.78 is 0. The SMILES string of the molecule is CC(C(=O)Nc1ccc(Cl)c(N)c1)N1CCCO1. The molecule has 98 valence electrons. The first kappa shape index (κ1) is 13.1. The van der Waals surface area contributed by atoms with E-state index in [0.29, 0.717) is 23.0 Å². The van der Waals surface area contributed by atoms with Gasteiger partial charge in [-0.25, -0.2) is 0 Å². The van der Waals surface area contributed by atoms with Crippen LogP contribution >= 0.6 is 11.6 Å². The Balaban J connectivity index is 1.99. The maximum absolute atomic E-state index is 12.0. The van der Waals surface area contributed by atoms with E-state index < -0.39 is 0 Å². The predicted molar refractivity (Wildman–Crippen MR) is 71.2 cm³/mol. The van der Waals surface area contributed by atoms with Gasteiger partial charge >= 0.3 is 0 Å². The second-order valence-electron chi connectivity index (χ2n) is 4.23. The van der Waals surface area contributed by atoms with Crippen molar-refractivity contribution < 1.29 is 9.63 Å². The molecule has 1 aromatic carbocycles. The number of hydrogen-bond acceptors (Lipinski definition) is 4. The van der Waals surface area contributed by atoms with Crippen molar-refractivity contribution >= 4 is 28.9 Å². The van der Waals surface area contributed by atoms with Crippen molar-refractivity contribution in [1.29, 1.82) is 0 Å². The predicted octanol–water partition coefficient (Wildman–Crippen LogP) is 1.89. The number of hydroxylamine groups is 2. The second kappa shape index (κ2) is 5.56. The molecule has 0 aromatic heterocycles. The molecule has 0 saturated carbocycles. The summed E-state index contributed by atoms with van der Waals surface area (Å²) in [6.07, 6.45) is 0.950. The van der Waals surface area contributed by atoms with Crippen LogP contribution in [0, 0.1) is 0 Å². The van der Waals surface area contributed by atoms with Gasteiger partial charge in [0.1, 0.15) is 6.04 Å². The van der Waals surface area contributed by atoms with E-state index in [1.54, 1.807) is 30.2 Å². The average molecular weight is 270 g/mol. The Bertz CT molecular complexity index is 447. The fraction of sp³-hybridized carbons (Fsp3) is 0.417. The number of nitrogen functional groups attached to an aromatic ring is 1. The van der Waals surface area contributed by atoms with Gasteiger partial charge in [0.15, 0.2) is 0 Å². The molecule has 18 heavy (non-hydrogen) atoms. The van der Waals surface area contributed by atoms with E-state index in [4.69, 9.17) is 22.2 Å². The molecule has 6 heteroatoms. The van der Waals surface area contributed by atoms with E-state index in [-0.39, 0.29) is 11.9 Å². The highest BCUT2D eigenvalue weighted by Crippen LogP contribution is 2.22. The number of hydrogen-bond donors (Lipinski definition) is 2. The van der Waals surface area contributed by atoms with Crippen LogP contribution in [0.2, 0.25) is 5.02 Å². The molecule has 2 rings (SSSR count). The standard InChI is InChI=1S/C12H16ClN3O2/c1-8(16-5-2-6-18-16)12(17)15-9-3-4-10(13)11(14)7-9/h3-4,7-8H,2,5-6,14H2,1H3,(H,15,17). The molecule has 1 saturated heterocycles. The van der Waals surface area contributed by atoms with Crippen LogP contribution in [0.25, 0.3) is 0 Å². The molecule has 1 unspecified atom stereocenters. The first-order chi connectivity index (χ1) is 8.58. The second-order valence-corrected chi connectivity index (χ2v) is 4.64. The number of carbonyl (C=O) groups is 1. The molecule has 0 spiro atoms. The van der Waals surface area contributed by atoms with Crippen molar-refractivity contribution in [3.63, 3.8) is 0 Å². The Morgan fingerprint density at radius 2 is 2.39 bits per heavy atom. The normalized spacial score (nSPS) is 17.7. The smallest absolute Gasteiger partial charge is 0.243 e. The summed E-state index contributed by atoms with van der Waals surface area (Å²) in [5, 5.41) is 4.95. The van der Waals surface area contributed by atoms with Crippen LogP contribution in [0.1, 0.15) is 13.3 Å². The highest BCUT2D eigenvalue weighted by molar-refractivity contribution is 6.33. The number of nitrogens with zero attached hydrogens (tertiary/aromatic N) is 1. The van der Waals surface area contributed by atoms with Gasteiger partial charge in [-0.1, -0.05) is 11.6 Å². The van der Waals surface area contributed by atoms with Gasteiger partial charge in [-0.3, -0.25) is 9.63 Å². The molecule has 0 aliphatic carbocycles. The van der Waals surface area contributed by atoms with Crippen LogP contribution in [0.15, 0.2) is 18.2 Å².